The van der Waals surface area contributed by atoms with Gasteiger partial charge in [-0.1, -0.05) is 12.1 Å². The molecule has 82 valence electrons. The van der Waals surface area contributed by atoms with Crippen molar-refractivity contribution in [3.63, 3.8) is 0 Å². The number of para-hydroxylation sites is 2. The molecule has 0 bridgehead atoms. The summed E-state index contributed by atoms with van der Waals surface area (Å²) in [5, 5.41) is 0. The van der Waals surface area contributed by atoms with E-state index in [1.54, 1.807) is 4.68 Å². The summed E-state index contributed by atoms with van der Waals surface area (Å²) in [4.78, 5) is 4.27. The van der Waals surface area contributed by atoms with E-state index in [0.717, 1.165) is 22.2 Å². The lowest BCUT2D eigenvalue weighted by atomic mass is 10.3. The summed E-state index contributed by atoms with van der Waals surface area (Å²) in [6.07, 6.45) is 1.17. The summed E-state index contributed by atoms with van der Waals surface area (Å²) in [7, 11) is -3.26. The molecular formula is C9H7N3O2S2. The number of hydrogen-bond donors (Lipinski definition) is 0. The van der Waals surface area contributed by atoms with Crippen molar-refractivity contribution in [1.29, 1.82) is 0 Å². The van der Waals surface area contributed by atoms with Crippen molar-refractivity contribution in [2.75, 3.05) is 6.26 Å². The van der Waals surface area contributed by atoms with Crippen LogP contribution >= 0.6 is 0 Å². The van der Waals surface area contributed by atoms with E-state index in [2.05, 4.69) is 9.46 Å². The van der Waals surface area contributed by atoms with Crippen LogP contribution in [0.3, 0.4) is 0 Å². The van der Waals surface area contributed by atoms with Crippen LogP contribution in [-0.4, -0.2) is 28.5 Å². The van der Waals surface area contributed by atoms with Gasteiger partial charge in [0, 0.05) is 17.4 Å². The predicted octanol–water partition coefficient (Wildman–Crippen LogP) is 0.602. The smallest absolute Gasteiger partial charge is 0.190 e. The first-order valence-corrected chi connectivity index (χ1v) is 7.17. The number of aromatic nitrogens is 2. The van der Waals surface area contributed by atoms with Crippen LogP contribution in [0.15, 0.2) is 28.7 Å². The molecule has 2 aromatic rings. The molecule has 0 saturated heterocycles. The molecule has 0 radical (unpaired) electrons. The lowest BCUT2D eigenvalue weighted by Crippen LogP contribution is -2.14. The normalized spacial score (nSPS) is 14.7. The molecule has 16 heavy (non-hydrogen) atoms. The highest BCUT2D eigenvalue weighted by molar-refractivity contribution is 8.15. The van der Waals surface area contributed by atoms with Crippen molar-refractivity contribution in [2.45, 2.75) is 0 Å². The lowest BCUT2D eigenvalue weighted by Gasteiger charge is -1.94. The molecule has 1 aromatic carbocycles. The fraction of sp³-hybridized carbons (Fsp3) is 0.111. The van der Waals surface area contributed by atoms with Gasteiger partial charge in [0.1, 0.15) is 0 Å². The number of imidazole rings is 1. The van der Waals surface area contributed by atoms with Gasteiger partial charge in [0.25, 0.3) is 0 Å². The molecule has 0 N–H and O–H groups in total. The summed E-state index contributed by atoms with van der Waals surface area (Å²) in [6, 6.07) is 7.43. The predicted molar refractivity (Wildman–Crippen MR) is 63.9 cm³/mol. The minimum Gasteiger partial charge on any atom is -0.225 e. The summed E-state index contributed by atoms with van der Waals surface area (Å²) in [5.74, 6) is 0.411. The molecule has 0 aliphatic carbocycles. The van der Waals surface area contributed by atoms with Crippen LogP contribution in [0.5, 0.6) is 0 Å². The first kappa shape index (κ1) is 9.73. The van der Waals surface area contributed by atoms with Gasteiger partial charge in [0.2, 0.25) is 0 Å². The number of fused-ring (bicyclic) bond motifs is 3. The van der Waals surface area contributed by atoms with Gasteiger partial charge in [-0.15, -0.1) is 4.47 Å². The Morgan fingerprint density at radius 3 is 2.81 bits per heavy atom. The standard InChI is InChI=1S/C9H7N3O2S2/c1-16(13,14)9-8-10-6-4-2-3-5-7(6)12(8)11-15-9/h2-5H,1H3. The van der Waals surface area contributed by atoms with Gasteiger partial charge in [0.15, 0.2) is 19.9 Å². The Labute approximate surface area is 95.3 Å². The zero-order valence-electron chi connectivity index (χ0n) is 8.28. The van der Waals surface area contributed by atoms with E-state index in [0.29, 0.717) is 5.82 Å². The maximum Gasteiger partial charge on any atom is 0.190 e. The Balaban J connectivity index is 2.37. The molecule has 2 heterocycles. The van der Waals surface area contributed by atoms with Crippen LogP contribution < -0.4 is 0 Å². The SMILES string of the molecule is CS(=O)(=O)C1=S=Nn2c1nc1ccccc12. The molecule has 0 unspecified atom stereocenters. The fourth-order valence-corrected chi connectivity index (χ4v) is 3.22. The topological polar surface area (TPSA) is 64.3 Å². The molecule has 0 saturated carbocycles. The average molecular weight is 253 g/mol. The quantitative estimate of drug-likeness (QED) is 0.646. The van der Waals surface area contributed by atoms with E-state index < -0.39 is 9.84 Å². The molecule has 7 heteroatoms. The molecule has 0 fully saturated rings. The van der Waals surface area contributed by atoms with Gasteiger partial charge in [-0.2, -0.15) is 0 Å². The molecular weight excluding hydrogens is 246 g/mol. The molecule has 0 spiro atoms. The molecule has 1 aromatic heterocycles. The van der Waals surface area contributed by atoms with Gasteiger partial charge < -0.3 is 0 Å². The molecule has 0 atom stereocenters. The van der Waals surface area contributed by atoms with Crippen LogP contribution in [0.2, 0.25) is 0 Å². The van der Waals surface area contributed by atoms with Gasteiger partial charge >= 0.3 is 0 Å². The summed E-state index contributed by atoms with van der Waals surface area (Å²) in [5.41, 5.74) is 1.58. The number of hydrogen-bond acceptors (Lipinski definition) is 4. The first-order valence-electron chi connectivity index (χ1n) is 4.50. The van der Waals surface area contributed by atoms with Crippen molar-refractivity contribution >= 4 is 36.2 Å². The minimum atomic E-state index is -3.26. The van der Waals surface area contributed by atoms with Gasteiger partial charge in [-0.3, -0.25) is 0 Å². The average Bonchev–Trinajstić information content (AvgIpc) is 2.73. The Morgan fingerprint density at radius 2 is 2.06 bits per heavy atom. The van der Waals surface area contributed by atoms with Crippen LogP contribution in [0.25, 0.3) is 11.0 Å². The summed E-state index contributed by atoms with van der Waals surface area (Å²) < 4.78 is 28.9. The van der Waals surface area contributed by atoms with Crippen molar-refractivity contribution < 1.29 is 8.42 Å². The van der Waals surface area contributed by atoms with E-state index in [4.69, 9.17) is 0 Å². The fourth-order valence-electron chi connectivity index (χ4n) is 1.58. The van der Waals surface area contributed by atoms with Crippen LogP contribution in [0.4, 0.5) is 0 Å². The Kier molecular flexibility index (Phi) is 1.84. The highest BCUT2D eigenvalue weighted by atomic mass is 32.2. The number of rotatable bonds is 0. The van der Waals surface area contributed by atoms with E-state index in [-0.39, 0.29) is 4.20 Å². The Bertz CT molecular complexity index is 767. The zero-order chi connectivity index (χ0) is 11.3. The number of benzene rings is 1. The Hall–Kier alpha value is -1.47. The third kappa shape index (κ3) is 1.25. The van der Waals surface area contributed by atoms with Crippen LogP contribution in [-0.2, 0) is 21.0 Å². The lowest BCUT2D eigenvalue weighted by molar-refractivity contribution is 0.613. The van der Waals surface area contributed by atoms with E-state index in [1.807, 2.05) is 24.3 Å². The molecule has 3 rings (SSSR count). The maximum absolute atomic E-state index is 11.5. The van der Waals surface area contributed by atoms with E-state index in [9.17, 15) is 8.42 Å². The minimum absolute atomic E-state index is 0.212. The third-order valence-electron chi connectivity index (χ3n) is 2.26. The second kappa shape index (κ2) is 3.02. The number of sulfone groups is 1. The van der Waals surface area contributed by atoms with Crippen molar-refractivity contribution in [2.24, 2.45) is 4.47 Å². The van der Waals surface area contributed by atoms with Gasteiger partial charge in [-0.05, 0) is 12.1 Å². The molecule has 1 aliphatic heterocycles. The second-order valence-corrected chi connectivity index (χ2v) is 6.43. The molecule has 0 amide bonds. The summed E-state index contributed by atoms with van der Waals surface area (Å²) in [6.45, 7) is 0. The highest BCUT2D eigenvalue weighted by Gasteiger charge is 2.25. The molecule has 1 aliphatic rings. The number of nitrogens with zero attached hydrogens (tertiary/aromatic N) is 3. The van der Waals surface area contributed by atoms with Crippen LogP contribution in [0.1, 0.15) is 5.82 Å². The van der Waals surface area contributed by atoms with Crippen molar-refractivity contribution in [3.05, 3.63) is 30.1 Å². The third-order valence-corrected chi connectivity index (χ3v) is 4.84. The van der Waals surface area contributed by atoms with Gasteiger partial charge in [0.05, 0.1) is 11.0 Å². The summed E-state index contributed by atoms with van der Waals surface area (Å²) >= 11 is 0.954. The Morgan fingerprint density at radius 1 is 1.31 bits per heavy atom. The molecule has 5 nitrogen and oxygen atoms in total. The largest absolute Gasteiger partial charge is 0.225 e. The van der Waals surface area contributed by atoms with Crippen molar-refractivity contribution in [1.82, 2.24) is 9.66 Å². The van der Waals surface area contributed by atoms with Crippen molar-refractivity contribution in [3.8, 4) is 0 Å². The van der Waals surface area contributed by atoms with Crippen LogP contribution in [0, 0.1) is 0 Å². The van der Waals surface area contributed by atoms with E-state index >= 15 is 0 Å². The zero-order valence-corrected chi connectivity index (χ0v) is 9.92. The second-order valence-electron chi connectivity index (χ2n) is 3.47. The maximum atomic E-state index is 11.5. The van der Waals surface area contributed by atoms with E-state index in [1.165, 1.54) is 6.26 Å². The monoisotopic (exact) mass is 253 g/mol. The van der Waals surface area contributed by atoms with Gasteiger partial charge in [-0.25, -0.2) is 18.1 Å². The highest BCUT2D eigenvalue weighted by Crippen LogP contribution is 2.19. The first-order chi connectivity index (χ1) is 7.57.